The van der Waals surface area contributed by atoms with Gasteiger partial charge in [0, 0.05) is 18.3 Å². The van der Waals surface area contributed by atoms with E-state index in [1.165, 1.54) is 16.6 Å². The molecule has 2 N–H and O–H groups in total. The van der Waals surface area contributed by atoms with Crippen LogP contribution in [0.3, 0.4) is 0 Å². The van der Waals surface area contributed by atoms with Crippen molar-refractivity contribution >= 4 is 23.1 Å². The van der Waals surface area contributed by atoms with Crippen LogP contribution < -0.4 is 20.1 Å². The van der Waals surface area contributed by atoms with Crippen molar-refractivity contribution < 1.29 is 18.3 Å². The van der Waals surface area contributed by atoms with Gasteiger partial charge in [-0.1, -0.05) is 12.1 Å². The molecular weight excluding hydrogens is 454 g/mol. The standard InChI is InChI=1S/C25H20F2N6O2/c1-34-18-5-2-16(3-6-18)14-32(22-8-4-17(26)12-21(22)27)25-30-24-9-7-20(15-33(24)31-25)35-19-10-11-29-23(28)13-19/h2-13,15H,14H2,1H3,(H2,28,29). The van der Waals surface area contributed by atoms with E-state index in [-0.39, 0.29) is 18.2 Å². The molecule has 176 valence electrons. The summed E-state index contributed by atoms with van der Waals surface area (Å²) in [6.45, 7) is 0.239. The number of anilines is 3. The summed E-state index contributed by atoms with van der Waals surface area (Å²) in [5.41, 5.74) is 7.22. The van der Waals surface area contributed by atoms with Crippen LogP contribution in [0.5, 0.6) is 17.2 Å². The smallest absolute Gasteiger partial charge is 0.250 e. The number of ether oxygens (including phenoxy) is 2. The molecule has 0 radical (unpaired) electrons. The van der Waals surface area contributed by atoms with Crippen molar-refractivity contribution in [2.24, 2.45) is 0 Å². The van der Waals surface area contributed by atoms with Crippen LogP contribution in [0.1, 0.15) is 5.56 Å². The molecule has 3 heterocycles. The van der Waals surface area contributed by atoms with Crippen molar-refractivity contribution in [2.75, 3.05) is 17.7 Å². The normalized spacial score (nSPS) is 10.9. The average Bonchev–Trinajstić information content (AvgIpc) is 3.27. The zero-order valence-corrected chi connectivity index (χ0v) is 18.6. The SMILES string of the molecule is COc1ccc(CN(c2nc3ccc(Oc4ccnc(N)c4)cn3n2)c2ccc(F)cc2F)cc1. The summed E-state index contributed by atoms with van der Waals surface area (Å²) in [6.07, 6.45) is 3.19. The molecule has 0 aliphatic heterocycles. The van der Waals surface area contributed by atoms with Crippen LogP contribution in [0.25, 0.3) is 5.65 Å². The minimum atomic E-state index is -0.725. The molecule has 0 spiro atoms. The maximum Gasteiger partial charge on any atom is 0.250 e. The summed E-state index contributed by atoms with van der Waals surface area (Å²) in [5, 5.41) is 4.53. The Morgan fingerprint density at radius 3 is 2.49 bits per heavy atom. The molecule has 0 saturated carbocycles. The summed E-state index contributed by atoms with van der Waals surface area (Å²) in [7, 11) is 1.58. The molecule has 35 heavy (non-hydrogen) atoms. The zero-order chi connectivity index (χ0) is 24.4. The van der Waals surface area contributed by atoms with Gasteiger partial charge in [-0.25, -0.2) is 18.3 Å². The number of hydrogen-bond acceptors (Lipinski definition) is 7. The first-order valence-electron chi connectivity index (χ1n) is 10.6. The van der Waals surface area contributed by atoms with E-state index in [1.54, 1.807) is 60.8 Å². The van der Waals surface area contributed by atoms with Crippen LogP contribution in [0.4, 0.5) is 26.2 Å². The van der Waals surface area contributed by atoms with Crippen molar-refractivity contribution in [3.05, 3.63) is 96.3 Å². The van der Waals surface area contributed by atoms with Crippen molar-refractivity contribution in [2.45, 2.75) is 6.54 Å². The van der Waals surface area contributed by atoms with Crippen molar-refractivity contribution in [1.82, 2.24) is 19.6 Å². The fourth-order valence-corrected chi connectivity index (χ4v) is 3.53. The molecule has 0 bridgehead atoms. The Bertz CT molecular complexity index is 1490. The van der Waals surface area contributed by atoms with Gasteiger partial charge in [0.2, 0.25) is 0 Å². The predicted molar refractivity (Wildman–Crippen MR) is 127 cm³/mol. The molecule has 8 nitrogen and oxygen atoms in total. The lowest BCUT2D eigenvalue weighted by Crippen LogP contribution is -2.19. The molecule has 0 saturated heterocycles. The van der Waals surface area contributed by atoms with Crippen molar-refractivity contribution in [1.29, 1.82) is 0 Å². The quantitative estimate of drug-likeness (QED) is 0.350. The molecule has 10 heteroatoms. The highest BCUT2D eigenvalue weighted by atomic mass is 19.1. The first kappa shape index (κ1) is 22.1. The summed E-state index contributed by atoms with van der Waals surface area (Å²) < 4.78 is 41.0. The number of nitrogens with two attached hydrogens (primary N) is 1. The van der Waals surface area contributed by atoms with Gasteiger partial charge in [-0.2, -0.15) is 4.98 Å². The van der Waals surface area contributed by atoms with Gasteiger partial charge in [0.15, 0.2) is 5.65 Å². The van der Waals surface area contributed by atoms with E-state index in [1.807, 2.05) is 12.1 Å². The average molecular weight is 474 g/mol. The van der Waals surface area contributed by atoms with Gasteiger partial charge in [0.25, 0.3) is 5.95 Å². The molecule has 0 aliphatic rings. The predicted octanol–water partition coefficient (Wildman–Crippen LogP) is 5.12. The summed E-state index contributed by atoms with van der Waals surface area (Å²) in [5.74, 6) is 0.885. The lowest BCUT2D eigenvalue weighted by Gasteiger charge is -2.22. The second kappa shape index (κ2) is 9.26. The van der Waals surface area contributed by atoms with Gasteiger partial charge in [-0.15, -0.1) is 5.10 Å². The fraction of sp³-hybridized carbons (Fsp3) is 0.0800. The highest BCUT2D eigenvalue weighted by Gasteiger charge is 2.20. The van der Waals surface area contributed by atoms with Crippen LogP contribution in [0.2, 0.25) is 0 Å². The highest BCUT2D eigenvalue weighted by Crippen LogP contribution is 2.30. The lowest BCUT2D eigenvalue weighted by atomic mass is 10.2. The van der Waals surface area contributed by atoms with Crippen LogP contribution in [0, 0.1) is 11.6 Å². The number of fused-ring (bicyclic) bond motifs is 1. The van der Waals surface area contributed by atoms with Gasteiger partial charge in [-0.05, 0) is 48.0 Å². The molecular formula is C25H20F2N6O2. The number of benzene rings is 2. The van der Waals surface area contributed by atoms with Gasteiger partial charge >= 0.3 is 0 Å². The third-order valence-corrected chi connectivity index (χ3v) is 5.22. The van der Waals surface area contributed by atoms with Crippen molar-refractivity contribution in [3.8, 4) is 17.2 Å². The van der Waals surface area contributed by atoms with E-state index in [9.17, 15) is 8.78 Å². The molecule has 3 aromatic heterocycles. The number of hydrogen-bond donors (Lipinski definition) is 1. The van der Waals surface area contributed by atoms with Gasteiger partial charge in [-0.3, -0.25) is 0 Å². The number of pyridine rings is 2. The minimum absolute atomic E-state index is 0.141. The number of nitrogens with zero attached hydrogens (tertiary/aromatic N) is 5. The molecule has 2 aromatic carbocycles. The summed E-state index contributed by atoms with van der Waals surface area (Å²) in [6, 6.07) is 17.5. The van der Waals surface area contributed by atoms with Crippen molar-refractivity contribution in [3.63, 3.8) is 0 Å². The molecule has 0 fully saturated rings. The number of halogens is 2. The summed E-state index contributed by atoms with van der Waals surface area (Å²) in [4.78, 5) is 10.1. The molecule has 0 aliphatic carbocycles. The topological polar surface area (TPSA) is 90.8 Å². The molecule has 5 aromatic rings. The molecule has 0 atom stereocenters. The maximum absolute atomic E-state index is 14.8. The van der Waals surface area contributed by atoms with E-state index >= 15 is 0 Å². The van der Waals surface area contributed by atoms with E-state index < -0.39 is 11.6 Å². The fourth-order valence-electron chi connectivity index (χ4n) is 3.53. The van der Waals surface area contributed by atoms with Crippen LogP contribution >= 0.6 is 0 Å². The lowest BCUT2D eigenvalue weighted by molar-refractivity contribution is 0.414. The third-order valence-electron chi connectivity index (χ3n) is 5.22. The Labute approximate surface area is 199 Å². The van der Waals surface area contributed by atoms with Gasteiger partial charge in [0.05, 0.1) is 25.5 Å². The van der Waals surface area contributed by atoms with E-state index in [0.29, 0.717) is 28.7 Å². The Morgan fingerprint density at radius 1 is 0.943 bits per heavy atom. The number of methoxy groups -OCH3 is 1. The van der Waals surface area contributed by atoms with Gasteiger partial charge in [0.1, 0.15) is 34.7 Å². The van der Waals surface area contributed by atoms with E-state index in [4.69, 9.17) is 15.2 Å². The zero-order valence-electron chi connectivity index (χ0n) is 18.6. The maximum atomic E-state index is 14.8. The van der Waals surface area contributed by atoms with Gasteiger partial charge < -0.3 is 20.1 Å². The Morgan fingerprint density at radius 2 is 1.74 bits per heavy atom. The largest absolute Gasteiger partial charge is 0.497 e. The van der Waals surface area contributed by atoms with E-state index in [2.05, 4.69) is 15.1 Å². The first-order valence-corrected chi connectivity index (χ1v) is 10.6. The van der Waals surface area contributed by atoms with Crippen LogP contribution in [0.15, 0.2) is 79.1 Å². The second-order valence-electron chi connectivity index (χ2n) is 7.63. The number of rotatable bonds is 7. The number of aromatic nitrogens is 4. The van der Waals surface area contributed by atoms with Crippen LogP contribution in [-0.4, -0.2) is 26.7 Å². The first-order chi connectivity index (χ1) is 17.0. The minimum Gasteiger partial charge on any atom is -0.497 e. The Hall–Kier alpha value is -4.73. The third kappa shape index (κ3) is 4.81. The second-order valence-corrected chi connectivity index (χ2v) is 7.63. The highest BCUT2D eigenvalue weighted by molar-refractivity contribution is 5.60. The van der Waals surface area contributed by atoms with E-state index in [0.717, 1.165) is 11.6 Å². The van der Waals surface area contributed by atoms with Crippen LogP contribution in [-0.2, 0) is 6.54 Å². The Kier molecular flexibility index (Phi) is 5.84. The summed E-state index contributed by atoms with van der Waals surface area (Å²) >= 11 is 0. The monoisotopic (exact) mass is 474 g/mol. The molecule has 0 unspecified atom stereocenters. The Balaban J connectivity index is 1.51. The molecule has 0 amide bonds. The number of nitrogen functional groups attached to an aromatic ring is 1. The molecule has 5 rings (SSSR count).